The van der Waals surface area contributed by atoms with Crippen LogP contribution in [0, 0.1) is 4.91 Å². The molecule has 0 aliphatic rings. The van der Waals surface area contributed by atoms with E-state index < -0.39 is 5.91 Å². The van der Waals surface area contributed by atoms with Crippen LogP contribution in [0.2, 0.25) is 0 Å². The van der Waals surface area contributed by atoms with Gasteiger partial charge in [-0.25, -0.2) is 4.99 Å². The van der Waals surface area contributed by atoms with Gasteiger partial charge in [0.1, 0.15) is 0 Å². The number of pyridine rings is 1. The van der Waals surface area contributed by atoms with Crippen LogP contribution in [0.5, 0.6) is 5.75 Å². The van der Waals surface area contributed by atoms with Crippen molar-refractivity contribution in [1.29, 1.82) is 0 Å². The second-order valence-corrected chi connectivity index (χ2v) is 4.50. The smallest absolute Gasteiger partial charge is 0.314 e. The topological polar surface area (TPSA) is 81.0 Å². The van der Waals surface area contributed by atoms with E-state index in [2.05, 4.69) is 31.1 Å². The van der Waals surface area contributed by atoms with Crippen molar-refractivity contribution in [1.82, 2.24) is 4.98 Å². The Bertz CT molecular complexity index is 567. The van der Waals surface area contributed by atoms with Crippen LogP contribution in [0.15, 0.2) is 44.4 Å². The van der Waals surface area contributed by atoms with Crippen molar-refractivity contribution in [2.45, 2.75) is 20.8 Å². The molecule has 0 fully saturated rings. The summed E-state index contributed by atoms with van der Waals surface area (Å²) in [6.07, 6.45) is 3.15. The van der Waals surface area contributed by atoms with E-state index in [9.17, 15) is 9.70 Å². The van der Waals surface area contributed by atoms with Crippen molar-refractivity contribution < 1.29 is 9.53 Å². The number of nitrogens with zero attached hydrogens (tertiary/aromatic N) is 3. The standard InChI is InChI=1S/C12H12BrN3O3/c1-7(12(17)16-18)8(2)15-9(3)19-11-6-14-5-4-10(11)13/h4-6H,1-3H3/b8-7+,15-9?. The number of carbonyl (C=O) groups excluding carboxylic acids is 1. The number of halogens is 1. The molecule has 0 N–H and O–H groups in total. The Balaban J connectivity index is 2.92. The molecular formula is C12H12BrN3O3. The van der Waals surface area contributed by atoms with E-state index in [0.717, 1.165) is 4.47 Å². The van der Waals surface area contributed by atoms with Gasteiger partial charge in [-0.3, -0.25) is 9.78 Å². The van der Waals surface area contributed by atoms with Gasteiger partial charge in [-0.2, -0.15) is 0 Å². The summed E-state index contributed by atoms with van der Waals surface area (Å²) >= 11 is 3.31. The second kappa shape index (κ2) is 6.89. The molecule has 0 aromatic carbocycles. The Hall–Kier alpha value is -1.89. The molecule has 0 radical (unpaired) electrons. The van der Waals surface area contributed by atoms with Gasteiger partial charge in [-0.15, -0.1) is 4.91 Å². The average molecular weight is 326 g/mol. The fraction of sp³-hybridized carbons (Fsp3) is 0.250. The minimum absolute atomic E-state index is 0.184. The number of hydrogen-bond acceptors (Lipinski definition) is 5. The van der Waals surface area contributed by atoms with Gasteiger partial charge in [0.05, 0.1) is 10.7 Å². The highest BCUT2D eigenvalue weighted by Gasteiger charge is 2.08. The van der Waals surface area contributed by atoms with Crippen LogP contribution >= 0.6 is 15.9 Å². The first-order valence-corrected chi connectivity index (χ1v) is 6.12. The predicted octanol–water partition coefficient (Wildman–Crippen LogP) is 3.23. The summed E-state index contributed by atoms with van der Waals surface area (Å²) in [5, 5.41) is 2.34. The normalized spacial score (nSPS) is 12.7. The molecule has 0 spiro atoms. The molecule has 1 aromatic heterocycles. The molecule has 0 aliphatic carbocycles. The van der Waals surface area contributed by atoms with E-state index in [1.165, 1.54) is 13.1 Å². The Kier molecular flexibility index (Phi) is 5.50. The molecule has 1 rings (SSSR count). The highest BCUT2D eigenvalue weighted by molar-refractivity contribution is 9.10. The molecule has 100 valence electrons. The number of aliphatic imine (C=N–C) groups is 1. The van der Waals surface area contributed by atoms with Crippen LogP contribution in [0.1, 0.15) is 20.8 Å². The first-order chi connectivity index (χ1) is 8.95. The zero-order valence-corrected chi connectivity index (χ0v) is 12.3. The Morgan fingerprint density at radius 1 is 1.37 bits per heavy atom. The van der Waals surface area contributed by atoms with Crippen molar-refractivity contribution in [3.05, 3.63) is 39.1 Å². The molecule has 6 nitrogen and oxygen atoms in total. The van der Waals surface area contributed by atoms with Gasteiger partial charge in [-0.05, 0) is 35.8 Å². The van der Waals surface area contributed by atoms with E-state index in [1.54, 1.807) is 26.1 Å². The molecule has 1 heterocycles. The highest BCUT2D eigenvalue weighted by atomic mass is 79.9. The Morgan fingerprint density at radius 2 is 2.05 bits per heavy atom. The van der Waals surface area contributed by atoms with Crippen molar-refractivity contribution in [2.75, 3.05) is 0 Å². The number of amides is 1. The van der Waals surface area contributed by atoms with E-state index in [-0.39, 0.29) is 5.57 Å². The third-order valence-electron chi connectivity index (χ3n) is 2.26. The lowest BCUT2D eigenvalue weighted by atomic mass is 10.2. The zero-order valence-electron chi connectivity index (χ0n) is 10.7. The number of nitroso groups, excluding NO2 is 1. The maximum atomic E-state index is 11.1. The molecule has 0 unspecified atom stereocenters. The summed E-state index contributed by atoms with van der Waals surface area (Å²) in [6.45, 7) is 4.72. The molecule has 1 aromatic rings. The van der Waals surface area contributed by atoms with Gasteiger partial charge in [0.15, 0.2) is 11.6 Å². The molecule has 1 amide bonds. The molecule has 0 bridgehead atoms. The number of ether oxygens (including phenoxy) is 1. The molecular weight excluding hydrogens is 314 g/mol. The summed E-state index contributed by atoms with van der Waals surface area (Å²) < 4.78 is 6.20. The quantitative estimate of drug-likeness (QED) is 0.370. The largest absolute Gasteiger partial charge is 0.440 e. The van der Waals surface area contributed by atoms with E-state index in [0.29, 0.717) is 17.3 Å². The lowest BCUT2D eigenvalue weighted by Crippen LogP contribution is -2.05. The summed E-state index contributed by atoms with van der Waals surface area (Å²) in [7, 11) is 0. The van der Waals surface area contributed by atoms with Crippen LogP contribution in [-0.2, 0) is 4.79 Å². The van der Waals surface area contributed by atoms with Crippen LogP contribution < -0.4 is 4.74 Å². The van der Waals surface area contributed by atoms with Crippen molar-refractivity contribution in [3.8, 4) is 5.75 Å². The van der Waals surface area contributed by atoms with E-state index in [4.69, 9.17) is 4.74 Å². The molecule has 19 heavy (non-hydrogen) atoms. The molecule has 0 aliphatic heterocycles. The van der Waals surface area contributed by atoms with Crippen LogP contribution in [0.4, 0.5) is 0 Å². The number of hydrogen-bond donors (Lipinski definition) is 0. The first-order valence-electron chi connectivity index (χ1n) is 5.33. The van der Waals surface area contributed by atoms with Gasteiger partial charge in [0.2, 0.25) is 0 Å². The zero-order chi connectivity index (χ0) is 14.4. The molecule has 0 saturated carbocycles. The first kappa shape index (κ1) is 15.2. The number of aromatic nitrogens is 1. The third-order valence-corrected chi connectivity index (χ3v) is 2.92. The predicted molar refractivity (Wildman–Crippen MR) is 74.9 cm³/mol. The molecule has 0 saturated heterocycles. The van der Waals surface area contributed by atoms with Crippen molar-refractivity contribution >= 4 is 27.7 Å². The van der Waals surface area contributed by atoms with Gasteiger partial charge >= 0.3 is 5.91 Å². The van der Waals surface area contributed by atoms with E-state index >= 15 is 0 Å². The van der Waals surface area contributed by atoms with Crippen LogP contribution in [0.3, 0.4) is 0 Å². The highest BCUT2D eigenvalue weighted by Crippen LogP contribution is 2.23. The lowest BCUT2D eigenvalue weighted by molar-refractivity contribution is -0.114. The minimum Gasteiger partial charge on any atom is -0.440 e. The number of rotatable bonds is 3. The second-order valence-electron chi connectivity index (χ2n) is 3.65. The summed E-state index contributed by atoms with van der Waals surface area (Å²) in [5.74, 6) is -0.00472. The van der Waals surface area contributed by atoms with Crippen LogP contribution in [-0.4, -0.2) is 16.8 Å². The Labute approximate surface area is 118 Å². The summed E-state index contributed by atoms with van der Waals surface area (Å²) in [6, 6.07) is 1.73. The Morgan fingerprint density at radius 3 is 2.63 bits per heavy atom. The molecule has 7 heteroatoms. The van der Waals surface area contributed by atoms with Gasteiger partial charge in [-0.1, -0.05) is 0 Å². The maximum Gasteiger partial charge on any atom is 0.314 e. The van der Waals surface area contributed by atoms with E-state index in [1.807, 2.05) is 0 Å². The third kappa shape index (κ3) is 4.36. The lowest BCUT2D eigenvalue weighted by Gasteiger charge is -2.06. The summed E-state index contributed by atoms with van der Waals surface area (Å²) in [4.78, 5) is 29.2. The number of allylic oxidation sites excluding steroid dienone is 1. The van der Waals surface area contributed by atoms with Gasteiger partial charge < -0.3 is 4.74 Å². The summed E-state index contributed by atoms with van der Waals surface area (Å²) in [5.41, 5.74) is 0.560. The fourth-order valence-electron chi connectivity index (χ4n) is 1.16. The van der Waals surface area contributed by atoms with Gasteiger partial charge in [0, 0.05) is 29.6 Å². The van der Waals surface area contributed by atoms with Crippen molar-refractivity contribution in [3.63, 3.8) is 0 Å². The molecule has 0 atom stereocenters. The monoisotopic (exact) mass is 325 g/mol. The fourth-order valence-corrected chi connectivity index (χ4v) is 1.46. The average Bonchev–Trinajstić information content (AvgIpc) is 2.39. The number of carbonyl (C=O) groups is 1. The van der Waals surface area contributed by atoms with Crippen molar-refractivity contribution in [2.24, 2.45) is 10.2 Å². The minimum atomic E-state index is -0.836. The maximum absolute atomic E-state index is 11.1. The van der Waals surface area contributed by atoms with Gasteiger partial charge in [0.25, 0.3) is 0 Å². The van der Waals surface area contributed by atoms with Crippen LogP contribution in [0.25, 0.3) is 0 Å². The SMILES string of the molecule is CC(=N/C(C)=C(\C)C(=O)N=O)Oc1cnccc1Br.